The Kier molecular flexibility index (Phi) is 5.76. The Balaban J connectivity index is 1.22. The third kappa shape index (κ3) is 3.99. The number of nitrogens with zero attached hydrogens (tertiary/aromatic N) is 6. The molecule has 206 valence electrons. The van der Waals surface area contributed by atoms with Crippen molar-refractivity contribution in [1.82, 2.24) is 29.5 Å². The molecule has 2 aromatic heterocycles. The number of aryl methyl sites for hydroxylation is 1. The van der Waals surface area contributed by atoms with Gasteiger partial charge in [-0.2, -0.15) is 0 Å². The molecule has 11 heteroatoms. The van der Waals surface area contributed by atoms with Gasteiger partial charge in [-0.15, -0.1) is 0 Å². The van der Waals surface area contributed by atoms with Gasteiger partial charge in [0.1, 0.15) is 5.75 Å². The van der Waals surface area contributed by atoms with Crippen molar-refractivity contribution >= 4 is 22.9 Å². The van der Waals surface area contributed by atoms with Crippen molar-refractivity contribution in [2.24, 2.45) is 0 Å². The van der Waals surface area contributed by atoms with E-state index in [0.717, 1.165) is 27.8 Å². The number of fused-ring (bicyclic) bond motifs is 4. The normalized spacial score (nSPS) is 20.9. The predicted octanol–water partition coefficient (Wildman–Crippen LogP) is 3.47. The molecule has 0 saturated carbocycles. The minimum absolute atomic E-state index is 0.00191. The summed E-state index contributed by atoms with van der Waals surface area (Å²) in [6.07, 6.45) is 2.88. The first kappa shape index (κ1) is 24.6. The van der Waals surface area contributed by atoms with Crippen molar-refractivity contribution in [2.75, 3.05) is 31.1 Å². The van der Waals surface area contributed by atoms with Crippen molar-refractivity contribution in [1.29, 1.82) is 0 Å². The number of aromatic nitrogens is 4. The van der Waals surface area contributed by atoms with E-state index in [2.05, 4.69) is 20.2 Å². The maximum atomic E-state index is 13.9. The molecule has 5 heterocycles. The van der Waals surface area contributed by atoms with Crippen molar-refractivity contribution in [3.63, 3.8) is 0 Å². The van der Waals surface area contributed by atoms with E-state index in [9.17, 15) is 14.0 Å². The van der Waals surface area contributed by atoms with E-state index < -0.39 is 6.36 Å². The Morgan fingerprint density at radius 2 is 1.88 bits per heavy atom. The lowest BCUT2D eigenvalue weighted by Crippen LogP contribution is -2.52. The van der Waals surface area contributed by atoms with Gasteiger partial charge in [-0.3, -0.25) is 9.48 Å². The standard InChI is InChI=1S/C29H30FN7O3/c1-17-3-6-26(40-18(2)30)23(11-17)24-7-8-36-27(38)22-5-4-19(12-25(22)37(24)36)20-13-31-28(32-14-20)34-9-10-35-21(16-34)15-33-29(35)39/h3-6,11-14,18,21,24H,7-10,15-16H2,1-2H3,(H,33,39)/t18?,21-,24+/m0/s1. The number of anilines is 1. The Morgan fingerprint density at radius 1 is 1.05 bits per heavy atom. The predicted molar refractivity (Wildman–Crippen MR) is 148 cm³/mol. The molecule has 4 aromatic rings. The van der Waals surface area contributed by atoms with Gasteiger partial charge in [0.25, 0.3) is 5.56 Å². The molecule has 7 rings (SSSR count). The summed E-state index contributed by atoms with van der Waals surface area (Å²) >= 11 is 0. The molecule has 0 spiro atoms. The Hall–Kier alpha value is -4.41. The smallest absolute Gasteiger partial charge is 0.317 e. The van der Waals surface area contributed by atoms with Crippen molar-refractivity contribution in [3.8, 4) is 16.9 Å². The third-order valence-electron chi connectivity index (χ3n) is 8.18. The molecule has 0 aliphatic carbocycles. The highest BCUT2D eigenvalue weighted by molar-refractivity contribution is 5.85. The van der Waals surface area contributed by atoms with Gasteiger partial charge in [0.05, 0.1) is 23.0 Å². The van der Waals surface area contributed by atoms with Gasteiger partial charge in [-0.1, -0.05) is 23.8 Å². The first-order valence-electron chi connectivity index (χ1n) is 13.7. The molecular formula is C29H30FN7O3. The number of hydrogen-bond acceptors (Lipinski definition) is 6. The van der Waals surface area contributed by atoms with Crippen LogP contribution in [0.5, 0.6) is 5.75 Å². The summed E-state index contributed by atoms with van der Waals surface area (Å²) < 4.78 is 23.2. The topological polar surface area (TPSA) is 97.5 Å². The Bertz CT molecular complexity index is 1680. The van der Waals surface area contributed by atoms with Crippen LogP contribution in [-0.2, 0) is 6.54 Å². The first-order valence-corrected chi connectivity index (χ1v) is 13.7. The highest BCUT2D eigenvalue weighted by Gasteiger charge is 2.36. The monoisotopic (exact) mass is 543 g/mol. The van der Waals surface area contributed by atoms with E-state index in [-0.39, 0.29) is 23.7 Å². The molecule has 10 nitrogen and oxygen atoms in total. The molecule has 1 unspecified atom stereocenters. The number of amides is 2. The van der Waals surface area contributed by atoms with Crippen LogP contribution in [0.1, 0.15) is 30.5 Å². The average Bonchev–Trinajstić information content (AvgIpc) is 3.63. The molecule has 2 fully saturated rings. The summed E-state index contributed by atoms with van der Waals surface area (Å²) in [5, 5.41) is 3.53. The van der Waals surface area contributed by atoms with Gasteiger partial charge < -0.3 is 19.9 Å². The van der Waals surface area contributed by atoms with Gasteiger partial charge in [-0.25, -0.2) is 23.8 Å². The lowest BCUT2D eigenvalue weighted by molar-refractivity contribution is 0.0843. The highest BCUT2D eigenvalue weighted by atomic mass is 19.1. The number of rotatable bonds is 5. The summed E-state index contributed by atoms with van der Waals surface area (Å²) in [5.74, 6) is 1.13. The fourth-order valence-corrected chi connectivity index (χ4v) is 6.28. The molecule has 0 bridgehead atoms. The van der Waals surface area contributed by atoms with Crippen LogP contribution in [0.25, 0.3) is 22.0 Å². The molecule has 2 saturated heterocycles. The first-order chi connectivity index (χ1) is 19.4. The second kappa shape index (κ2) is 9.35. The zero-order valence-electron chi connectivity index (χ0n) is 22.4. The summed E-state index contributed by atoms with van der Waals surface area (Å²) in [7, 11) is 0. The summed E-state index contributed by atoms with van der Waals surface area (Å²) in [5.41, 5.74) is 4.42. The summed E-state index contributed by atoms with van der Waals surface area (Å²) in [6.45, 7) is 6.59. The maximum absolute atomic E-state index is 13.9. The zero-order valence-corrected chi connectivity index (χ0v) is 22.4. The SMILES string of the molecule is Cc1ccc(OC(C)F)c([C@H]2CCn3c(=O)c4ccc(-c5cnc(N6CCN7C(=O)NC[C@H]7C6)nc5)cc4n32)c1. The molecule has 40 heavy (non-hydrogen) atoms. The maximum Gasteiger partial charge on any atom is 0.317 e. The fraction of sp³-hybridized carbons (Fsp3) is 0.379. The van der Waals surface area contributed by atoms with Gasteiger partial charge in [0.15, 0.2) is 0 Å². The molecule has 0 radical (unpaired) electrons. The highest BCUT2D eigenvalue weighted by Crippen LogP contribution is 2.38. The molecule has 2 amide bonds. The van der Waals surface area contributed by atoms with Crippen LogP contribution in [-0.4, -0.2) is 68.8 Å². The van der Waals surface area contributed by atoms with Gasteiger partial charge in [-0.05, 0) is 37.1 Å². The van der Waals surface area contributed by atoms with Crippen LogP contribution in [0.3, 0.4) is 0 Å². The summed E-state index contributed by atoms with van der Waals surface area (Å²) in [6, 6.07) is 11.5. The minimum atomic E-state index is -1.44. The number of nitrogens with one attached hydrogen (secondary N) is 1. The lowest BCUT2D eigenvalue weighted by Gasteiger charge is -2.36. The van der Waals surface area contributed by atoms with Crippen LogP contribution in [0.2, 0.25) is 0 Å². The number of carbonyl (C=O) groups is 1. The number of benzene rings is 2. The van der Waals surface area contributed by atoms with Crippen LogP contribution >= 0.6 is 0 Å². The van der Waals surface area contributed by atoms with E-state index in [1.807, 2.05) is 46.8 Å². The molecule has 3 aliphatic heterocycles. The van der Waals surface area contributed by atoms with Crippen LogP contribution in [0.15, 0.2) is 53.6 Å². The number of alkyl halides is 1. The van der Waals surface area contributed by atoms with Crippen LogP contribution in [0.4, 0.5) is 15.1 Å². The van der Waals surface area contributed by atoms with Gasteiger partial charge in [0, 0.05) is 63.2 Å². The minimum Gasteiger partial charge on any atom is -0.460 e. The molecule has 3 aliphatic rings. The number of ether oxygens (including phenoxy) is 1. The van der Waals surface area contributed by atoms with E-state index in [1.54, 1.807) is 23.1 Å². The summed E-state index contributed by atoms with van der Waals surface area (Å²) in [4.78, 5) is 38.5. The number of hydrogen-bond donors (Lipinski definition) is 1. The Labute approximate surface area is 230 Å². The van der Waals surface area contributed by atoms with Crippen molar-refractivity contribution in [3.05, 3.63) is 70.3 Å². The zero-order chi connectivity index (χ0) is 27.5. The molecular weight excluding hydrogens is 513 g/mol. The second-order valence-electron chi connectivity index (χ2n) is 10.8. The molecule has 2 aromatic carbocycles. The Morgan fingerprint density at radius 3 is 2.67 bits per heavy atom. The quantitative estimate of drug-likeness (QED) is 0.414. The van der Waals surface area contributed by atoms with E-state index >= 15 is 0 Å². The third-order valence-corrected chi connectivity index (χ3v) is 8.18. The number of carbonyl (C=O) groups excluding carboxylic acids is 1. The van der Waals surface area contributed by atoms with Gasteiger partial charge in [0.2, 0.25) is 12.3 Å². The molecule has 1 N–H and O–H groups in total. The largest absolute Gasteiger partial charge is 0.460 e. The lowest BCUT2D eigenvalue weighted by atomic mass is 10.0. The fourth-order valence-electron chi connectivity index (χ4n) is 6.28. The van der Waals surface area contributed by atoms with Crippen molar-refractivity contribution in [2.45, 2.75) is 45.3 Å². The van der Waals surface area contributed by atoms with Crippen LogP contribution < -0.4 is 20.5 Å². The number of halogens is 1. The van der Waals surface area contributed by atoms with Crippen molar-refractivity contribution < 1.29 is 13.9 Å². The van der Waals surface area contributed by atoms with E-state index in [4.69, 9.17) is 4.74 Å². The number of piperazine rings is 1. The van der Waals surface area contributed by atoms with E-state index in [1.165, 1.54) is 6.92 Å². The molecule has 3 atom stereocenters. The van der Waals surface area contributed by atoms with Gasteiger partial charge >= 0.3 is 6.03 Å². The average molecular weight is 544 g/mol. The number of urea groups is 1. The van der Waals surface area contributed by atoms with Crippen LogP contribution in [0, 0.1) is 6.92 Å². The second-order valence-corrected chi connectivity index (χ2v) is 10.8. The van der Waals surface area contributed by atoms with E-state index in [0.29, 0.717) is 56.2 Å².